The first kappa shape index (κ1) is 25.2. The van der Waals surface area contributed by atoms with Gasteiger partial charge in [0, 0.05) is 38.2 Å². The molecule has 0 saturated carbocycles. The van der Waals surface area contributed by atoms with E-state index in [-0.39, 0.29) is 12.3 Å². The van der Waals surface area contributed by atoms with Crippen LogP contribution in [0.2, 0.25) is 0 Å². The van der Waals surface area contributed by atoms with Crippen LogP contribution in [0.1, 0.15) is 60.9 Å². The van der Waals surface area contributed by atoms with Gasteiger partial charge >= 0.3 is 0 Å². The van der Waals surface area contributed by atoms with Crippen molar-refractivity contribution in [2.75, 3.05) is 36.4 Å². The number of nitrogens with one attached hydrogen (secondary N) is 1. The fourth-order valence-electron chi connectivity index (χ4n) is 4.75. The zero-order valence-electron chi connectivity index (χ0n) is 20.0. The van der Waals surface area contributed by atoms with E-state index in [2.05, 4.69) is 10.2 Å². The van der Waals surface area contributed by atoms with Gasteiger partial charge in [0.2, 0.25) is 21.8 Å². The van der Waals surface area contributed by atoms with Crippen molar-refractivity contribution in [3.05, 3.63) is 53.6 Å². The van der Waals surface area contributed by atoms with E-state index in [4.69, 9.17) is 5.73 Å². The molecule has 0 aliphatic carbocycles. The highest BCUT2D eigenvalue weighted by Gasteiger charge is 2.25. The highest BCUT2D eigenvalue weighted by Crippen LogP contribution is 2.30. The average molecular weight is 499 g/mol. The van der Waals surface area contributed by atoms with Crippen molar-refractivity contribution < 1.29 is 18.0 Å². The van der Waals surface area contributed by atoms with Crippen molar-refractivity contribution in [3.8, 4) is 0 Å². The van der Waals surface area contributed by atoms with Gasteiger partial charge in [-0.3, -0.25) is 9.59 Å². The van der Waals surface area contributed by atoms with Gasteiger partial charge in [-0.2, -0.15) is 4.31 Å². The first-order valence-electron chi connectivity index (χ1n) is 12.4. The molecule has 2 amide bonds. The Hall–Kier alpha value is -2.91. The Balaban J connectivity index is 1.40. The second kappa shape index (κ2) is 11.2. The molecule has 0 unspecified atom stereocenters. The Kier molecular flexibility index (Phi) is 8.07. The molecule has 0 spiro atoms. The number of piperidine rings is 2. The summed E-state index contributed by atoms with van der Waals surface area (Å²) in [5.41, 5.74) is 8.19. The standard InChI is InChI=1S/C26H34N4O4S/c27-26(32)21-10-13-24(29-15-3-1-4-16-29)23(19-21)28-25(31)14-9-20-7-11-22(12-8-20)35(33,34)30-17-5-2-6-18-30/h7-8,10-13,19H,1-6,9,14-18H2,(H2,27,32)(H,28,31). The lowest BCUT2D eigenvalue weighted by Gasteiger charge is -2.30. The fourth-order valence-corrected chi connectivity index (χ4v) is 6.27. The first-order valence-corrected chi connectivity index (χ1v) is 13.9. The van der Waals surface area contributed by atoms with E-state index in [0.717, 1.165) is 56.4 Å². The Labute approximate surface area is 207 Å². The number of primary amides is 1. The van der Waals surface area contributed by atoms with Gasteiger partial charge in [0.05, 0.1) is 16.3 Å². The molecule has 9 heteroatoms. The van der Waals surface area contributed by atoms with Gasteiger partial charge in [0.1, 0.15) is 0 Å². The Morgan fingerprint density at radius 3 is 2.11 bits per heavy atom. The zero-order chi connectivity index (χ0) is 24.8. The monoisotopic (exact) mass is 498 g/mol. The third-order valence-electron chi connectivity index (χ3n) is 6.77. The molecule has 188 valence electrons. The minimum Gasteiger partial charge on any atom is -0.370 e. The lowest BCUT2D eigenvalue weighted by Crippen LogP contribution is -2.35. The number of sulfonamides is 1. The second-order valence-corrected chi connectivity index (χ2v) is 11.2. The summed E-state index contributed by atoms with van der Waals surface area (Å²) in [6.45, 7) is 2.96. The molecular formula is C26H34N4O4S. The molecule has 2 heterocycles. The van der Waals surface area contributed by atoms with Crippen LogP contribution in [0.5, 0.6) is 0 Å². The maximum Gasteiger partial charge on any atom is 0.248 e. The lowest BCUT2D eigenvalue weighted by molar-refractivity contribution is -0.116. The molecule has 2 aromatic carbocycles. The number of amides is 2. The number of nitrogens with two attached hydrogens (primary N) is 1. The number of nitrogens with zero attached hydrogens (tertiary/aromatic N) is 2. The van der Waals surface area contributed by atoms with Gasteiger partial charge in [-0.05, 0) is 74.4 Å². The number of hydrogen-bond acceptors (Lipinski definition) is 5. The third kappa shape index (κ3) is 6.21. The van der Waals surface area contributed by atoms with Gasteiger partial charge in [0.25, 0.3) is 0 Å². The molecule has 0 radical (unpaired) electrons. The zero-order valence-corrected chi connectivity index (χ0v) is 20.9. The fraction of sp³-hybridized carbons (Fsp3) is 0.462. The summed E-state index contributed by atoms with van der Waals surface area (Å²) in [7, 11) is -3.47. The molecule has 2 saturated heterocycles. The van der Waals surface area contributed by atoms with Crippen molar-refractivity contribution in [1.29, 1.82) is 0 Å². The van der Waals surface area contributed by atoms with Gasteiger partial charge in [-0.1, -0.05) is 18.6 Å². The first-order chi connectivity index (χ1) is 16.8. The van der Waals surface area contributed by atoms with Crippen LogP contribution in [-0.4, -0.2) is 50.7 Å². The Morgan fingerprint density at radius 2 is 1.49 bits per heavy atom. The summed E-state index contributed by atoms with van der Waals surface area (Å²) < 4.78 is 27.2. The topological polar surface area (TPSA) is 113 Å². The van der Waals surface area contributed by atoms with Crippen LogP contribution >= 0.6 is 0 Å². The van der Waals surface area contributed by atoms with Crippen molar-refractivity contribution in [1.82, 2.24) is 4.31 Å². The number of carbonyl (C=O) groups is 2. The predicted molar refractivity (Wildman–Crippen MR) is 137 cm³/mol. The van der Waals surface area contributed by atoms with Crippen molar-refractivity contribution >= 4 is 33.2 Å². The van der Waals surface area contributed by atoms with Crippen LogP contribution < -0.4 is 16.0 Å². The Bertz CT molecular complexity index is 1150. The quantitative estimate of drug-likeness (QED) is 0.578. The molecule has 8 nitrogen and oxygen atoms in total. The molecule has 3 N–H and O–H groups in total. The van der Waals surface area contributed by atoms with Crippen LogP contribution in [0.3, 0.4) is 0 Å². The largest absolute Gasteiger partial charge is 0.370 e. The van der Waals surface area contributed by atoms with Crippen molar-refractivity contribution in [2.24, 2.45) is 5.73 Å². The van der Waals surface area contributed by atoms with Crippen LogP contribution in [0.15, 0.2) is 47.4 Å². The van der Waals surface area contributed by atoms with E-state index in [0.29, 0.717) is 35.7 Å². The summed E-state index contributed by atoms with van der Waals surface area (Å²) in [5.74, 6) is -0.708. The van der Waals surface area contributed by atoms with Crippen LogP contribution in [0.25, 0.3) is 0 Å². The normalized spacial score (nSPS) is 17.2. The predicted octanol–water partition coefficient (Wildman–Crippen LogP) is 3.52. The van der Waals surface area contributed by atoms with Gasteiger partial charge in [-0.15, -0.1) is 0 Å². The molecule has 0 aromatic heterocycles. The summed E-state index contributed by atoms with van der Waals surface area (Å²) >= 11 is 0. The highest BCUT2D eigenvalue weighted by molar-refractivity contribution is 7.89. The summed E-state index contributed by atoms with van der Waals surface area (Å²) in [6, 6.07) is 12.0. The minimum absolute atomic E-state index is 0.171. The van der Waals surface area contributed by atoms with E-state index in [1.54, 1.807) is 40.7 Å². The molecule has 2 aromatic rings. The molecule has 35 heavy (non-hydrogen) atoms. The molecule has 0 bridgehead atoms. The van der Waals surface area contributed by atoms with E-state index >= 15 is 0 Å². The van der Waals surface area contributed by atoms with E-state index < -0.39 is 15.9 Å². The molecule has 4 rings (SSSR count). The third-order valence-corrected chi connectivity index (χ3v) is 8.68. The summed E-state index contributed by atoms with van der Waals surface area (Å²) in [4.78, 5) is 27.0. The number of hydrogen-bond donors (Lipinski definition) is 2. The number of anilines is 2. The maximum atomic E-state index is 12.8. The van der Waals surface area contributed by atoms with E-state index in [1.807, 2.05) is 6.07 Å². The van der Waals surface area contributed by atoms with Gasteiger partial charge in [-0.25, -0.2) is 8.42 Å². The average Bonchev–Trinajstić information content (AvgIpc) is 2.88. The SMILES string of the molecule is NC(=O)c1ccc(N2CCCCC2)c(NC(=O)CCc2ccc(S(=O)(=O)N3CCCCC3)cc2)c1. The van der Waals surface area contributed by atoms with Crippen LogP contribution in [0.4, 0.5) is 11.4 Å². The molecular weight excluding hydrogens is 464 g/mol. The number of carbonyl (C=O) groups excluding carboxylic acids is 2. The second-order valence-electron chi connectivity index (χ2n) is 9.30. The molecule has 2 fully saturated rings. The van der Waals surface area contributed by atoms with E-state index in [9.17, 15) is 18.0 Å². The minimum atomic E-state index is -3.47. The van der Waals surface area contributed by atoms with Crippen LogP contribution in [0, 0.1) is 0 Å². The van der Waals surface area contributed by atoms with Gasteiger partial charge in [0.15, 0.2) is 0 Å². The van der Waals surface area contributed by atoms with Crippen molar-refractivity contribution in [3.63, 3.8) is 0 Å². The van der Waals surface area contributed by atoms with Crippen LogP contribution in [-0.2, 0) is 21.2 Å². The van der Waals surface area contributed by atoms with Gasteiger partial charge < -0.3 is 16.0 Å². The lowest BCUT2D eigenvalue weighted by atomic mass is 10.1. The van der Waals surface area contributed by atoms with E-state index in [1.165, 1.54) is 6.42 Å². The number of rotatable bonds is 8. The molecule has 2 aliphatic heterocycles. The number of benzene rings is 2. The smallest absolute Gasteiger partial charge is 0.248 e. The maximum absolute atomic E-state index is 12.8. The van der Waals surface area contributed by atoms with Crippen molar-refractivity contribution in [2.45, 2.75) is 56.3 Å². The summed E-state index contributed by atoms with van der Waals surface area (Å²) in [6.07, 6.45) is 6.95. The Morgan fingerprint density at radius 1 is 0.857 bits per heavy atom. The molecule has 2 aliphatic rings. The summed E-state index contributed by atoms with van der Waals surface area (Å²) in [5, 5.41) is 2.96. The highest BCUT2D eigenvalue weighted by atomic mass is 32.2. The number of aryl methyl sites for hydroxylation is 1. The molecule has 0 atom stereocenters.